The summed E-state index contributed by atoms with van der Waals surface area (Å²) in [5.74, 6) is 1.90. The maximum Gasteiger partial charge on any atom is 0.164 e. The van der Waals surface area contributed by atoms with Gasteiger partial charge in [-0.05, 0) is 47.0 Å². The predicted octanol–water partition coefficient (Wildman–Crippen LogP) is 12.5. The lowest BCUT2D eigenvalue weighted by Gasteiger charge is -2.14. The van der Waals surface area contributed by atoms with Crippen LogP contribution in [0.25, 0.3) is 98.5 Å². The third kappa shape index (κ3) is 4.79. The Morgan fingerprint density at radius 2 is 0.960 bits per heavy atom. The van der Waals surface area contributed by atoms with Crippen LogP contribution in [0, 0.1) is 0 Å². The molecule has 0 saturated heterocycles. The van der Waals surface area contributed by atoms with E-state index in [9.17, 15) is 0 Å². The summed E-state index contributed by atoms with van der Waals surface area (Å²) in [6, 6.07) is 56.8. The zero-order chi connectivity index (χ0) is 33.0. The molecule has 0 fully saturated rings. The van der Waals surface area contributed by atoms with E-state index in [0.717, 1.165) is 55.3 Å². The van der Waals surface area contributed by atoms with Crippen molar-refractivity contribution in [3.63, 3.8) is 0 Å². The van der Waals surface area contributed by atoms with Gasteiger partial charge >= 0.3 is 0 Å². The molecule has 0 amide bonds. The molecule has 0 bridgehead atoms. The molecule has 50 heavy (non-hydrogen) atoms. The molecule has 10 rings (SSSR count). The molecule has 0 aliphatic carbocycles. The van der Waals surface area contributed by atoms with Gasteiger partial charge in [-0.2, -0.15) is 0 Å². The van der Waals surface area contributed by atoms with Crippen molar-refractivity contribution in [1.29, 1.82) is 0 Å². The zero-order valence-corrected chi connectivity index (χ0v) is 27.6. The molecule has 0 saturated carbocycles. The number of hydrogen-bond acceptors (Lipinski definition) is 5. The summed E-state index contributed by atoms with van der Waals surface area (Å²) in [7, 11) is 0. The Morgan fingerprint density at radius 3 is 1.72 bits per heavy atom. The summed E-state index contributed by atoms with van der Waals surface area (Å²) < 4.78 is 8.93. The zero-order valence-electron chi connectivity index (χ0n) is 26.7. The Kier molecular flexibility index (Phi) is 6.64. The van der Waals surface area contributed by atoms with Crippen molar-refractivity contribution >= 4 is 53.4 Å². The van der Waals surface area contributed by atoms with Crippen LogP contribution in [0.15, 0.2) is 168 Å². The van der Waals surface area contributed by atoms with Gasteiger partial charge < -0.3 is 4.42 Å². The van der Waals surface area contributed by atoms with Gasteiger partial charge in [0.05, 0.1) is 0 Å². The fraction of sp³-hybridized carbons (Fsp3) is 0. The molecule has 0 atom stereocenters. The van der Waals surface area contributed by atoms with Gasteiger partial charge in [0.2, 0.25) is 0 Å². The van der Waals surface area contributed by atoms with Crippen LogP contribution in [0.4, 0.5) is 0 Å². The van der Waals surface area contributed by atoms with E-state index in [2.05, 4.69) is 91.0 Å². The van der Waals surface area contributed by atoms with E-state index in [-0.39, 0.29) is 0 Å². The van der Waals surface area contributed by atoms with Gasteiger partial charge in [0.1, 0.15) is 11.2 Å². The number of hydrogen-bond donors (Lipinski definition) is 0. The lowest BCUT2D eigenvalue weighted by Crippen LogP contribution is -2.00. The first-order valence-corrected chi connectivity index (χ1v) is 17.4. The second kappa shape index (κ2) is 11.6. The second-order valence-corrected chi connectivity index (χ2v) is 13.4. The molecule has 7 aromatic carbocycles. The van der Waals surface area contributed by atoms with Crippen LogP contribution < -0.4 is 0 Å². The SMILES string of the molecule is c1ccc(-c2nc(-c3ccccc3)nc(-c3ccc(-c4cccc5c4sc4ccccc45)c(-c4ccc5c(c4)oc4ccccc45)c3)n2)cc1. The first-order valence-electron chi connectivity index (χ1n) is 16.6. The van der Waals surface area contributed by atoms with E-state index in [1.807, 2.05) is 84.1 Å². The van der Waals surface area contributed by atoms with Crippen molar-refractivity contribution in [3.05, 3.63) is 164 Å². The topological polar surface area (TPSA) is 51.8 Å². The molecule has 0 unspecified atom stereocenters. The van der Waals surface area contributed by atoms with Crippen LogP contribution in [0.5, 0.6) is 0 Å². The minimum absolute atomic E-state index is 0.621. The Balaban J connectivity index is 1.22. The van der Waals surface area contributed by atoms with Crippen LogP contribution in [0.2, 0.25) is 0 Å². The average molecular weight is 658 g/mol. The number of aromatic nitrogens is 3. The highest BCUT2D eigenvalue weighted by molar-refractivity contribution is 7.26. The van der Waals surface area contributed by atoms with Crippen molar-refractivity contribution in [2.45, 2.75) is 0 Å². The van der Waals surface area contributed by atoms with Crippen LogP contribution in [0.3, 0.4) is 0 Å². The minimum Gasteiger partial charge on any atom is -0.456 e. The largest absolute Gasteiger partial charge is 0.456 e. The molecule has 3 aromatic heterocycles. The Bertz CT molecular complexity index is 2820. The van der Waals surface area contributed by atoms with Crippen molar-refractivity contribution in [3.8, 4) is 56.4 Å². The molecule has 5 heteroatoms. The van der Waals surface area contributed by atoms with Gasteiger partial charge in [0.15, 0.2) is 17.5 Å². The summed E-state index contributed by atoms with van der Waals surface area (Å²) in [6.07, 6.45) is 0. The quantitative estimate of drug-likeness (QED) is 0.185. The van der Waals surface area contributed by atoms with Crippen LogP contribution in [-0.2, 0) is 0 Å². The molecule has 4 nitrogen and oxygen atoms in total. The fourth-order valence-electron chi connectivity index (χ4n) is 6.95. The van der Waals surface area contributed by atoms with Gasteiger partial charge in [-0.15, -0.1) is 11.3 Å². The Hall–Kier alpha value is -6.43. The van der Waals surface area contributed by atoms with E-state index < -0.39 is 0 Å². The predicted molar refractivity (Wildman–Crippen MR) is 207 cm³/mol. The van der Waals surface area contributed by atoms with Gasteiger partial charge in [0, 0.05) is 53.2 Å². The smallest absolute Gasteiger partial charge is 0.164 e. The van der Waals surface area contributed by atoms with E-state index in [1.165, 1.54) is 25.7 Å². The maximum absolute atomic E-state index is 6.38. The van der Waals surface area contributed by atoms with Crippen LogP contribution in [0.1, 0.15) is 0 Å². The first kappa shape index (κ1) is 28.6. The van der Waals surface area contributed by atoms with E-state index >= 15 is 0 Å². The molecular formula is C45H27N3OS. The average Bonchev–Trinajstić information content (AvgIpc) is 3.76. The standard InChI is InChI=1S/C45H27N3OS/c1-3-12-28(13-4-1)43-46-44(29-14-5-2-6-15-29)48-45(47-43)31-23-24-32(36-18-11-19-37-35-17-8-10-21-41(35)50-42(36)37)38(26-31)30-22-25-34-33-16-7-9-20-39(33)49-40(34)27-30/h1-27H. The van der Waals surface area contributed by atoms with Gasteiger partial charge in [-0.1, -0.05) is 133 Å². The highest BCUT2D eigenvalue weighted by Crippen LogP contribution is 2.44. The summed E-state index contributed by atoms with van der Waals surface area (Å²) in [5, 5.41) is 4.77. The number of thiophene rings is 1. The van der Waals surface area contributed by atoms with Crippen LogP contribution in [-0.4, -0.2) is 15.0 Å². The lowest BCUT2D eigenvalue weighted by atomic mass is 9.91. The van der Waals surface area contributed by atoms with Crippen molar-refractivity contribution in [1.82, 2.24) is 15.0 Å². The van der Waals surface area contributed by atoms with Crippen LogP contribution >= 0.6 is 11.3 Å². The van der Waals surface area contributed by atoms with E-state index in [0.29, 0.717) is 17.5 Å². The molecule has 0 aliphatic heterocycles. The van der Waals surface area contributed by atoms with Gasteiger partial charge in [0.25, 0.3) is 0 Å². The number of rotatable bonds is 5. The molecular weight excluding hydrogens is 631 g/mol. The molecule has 234 valence electrons. The van der Waals surface area contributed by atoms with Gasteiger partial charge in [-0.25, -0.2) is 15.0 Å². The first-order chi connectivity index (χ1) is 24.8. The number of para-hydroxylation sites is 1. The number of fused-ring (bicyclic) bond motifs is 6. The van der Waals surface area contributed by atoms with E-state index in [4.69, 9.17) is 19.4 Å². The third-order valence-electron chi connectivity index (χ3n) is 9.36. The fourth-order valence-corrected chi connectivity index (χ4v) is 8.18. The number of furan rings is 1. The summed E-state index contributed by atoms with van der Waals surface area (Å²) in [4.78, 5) is 15.0. The van der Waals surface area contributed by atoms with Crippen molar-refractivity contribution in [2.75, 3.05) is 0 Å². The Morgan fingerprint density at radius 1 is 0.360 bits per heavy atom. The normalized spacial score (nSPS) is 11.6. The minimum atomic E-state index is 0.621. The molecule has 0 N–H and O–H groups in total. The highest BCUT2D eigenvalue weighted by Gasteiger charge is 2.19. The molecule has 0 spiro atoms. The monoisotopic (exact) mass is 657 g/mol. The summed E-state index contributed by atoms with van der Waals surface area (Å²) in [6.45, 7) is 0. The van der Waals surface area contributed by atoms with Crippen molar-refractivity contribution in [2.24, 2.45) is 0 Å². The Labute approximate surface area is 292 Å². The summed E-state index contributed by atoms with van der Waals surface area (Å²) >= 11 is 1.84. The molecule has 3 heterocycles. The number of nitrogens with zero attached hydrogens (tertiary/aromatic N) is 3. The molecule has 0 radical (unpaired) electrons. The third-order valence-corrected chi connectivity index (χ3v) is 10.6. The van der Waals surface area contributed by atoms with E-state index in [1.54, 1.807) is 0 Å². The van der Waals surface area contributed by atoms with Gasteiger partial charge in [-0.3, -0.25) is 0 Å². The highest BCUT2D eigenvalue weighted by atomic mass is 32.1. The molecule has 0 aliphatic rings. The lowest BCUT2D eigenvalue weighted by molar-refractivity contribution is 0.669. The molecule has 10 aromatic rings. The van der Waals surface area contributed by atoms with Crippen molar-refractivity contribution < 1.29 is 4.42 Å². The number of benzene rings is 7. The summed E-state index contributed by atoms with van der Waals surface area (Å²) in [5.41, 5.74) is 9.02. The maximum atomic E-state index is 6.38. The second-order valence-electron chi connectivity index (χ2n) is 12.4.